The van der Waals surface area contributed by atoms with E-state index in [9.17, 15) is 9.18 Å². The summed E-state index contributed by atoms with van der Waals surface area (Å²) in [6.45, 7) is 1.85. The number of aryl methyl sites for hydroxylation is 1. The predicted molar refractivity (Wildman–Crippen MR) is 108 cm³/mol. The van der Waals surface area contributed by atoms with E-state index in [0.717, 1.165) is 11.3 Å². The molecule has 0 unspecified atom stereocenters. The van der Waals surface area contributed by atoms with Crippen LogP contribution in [0.15, 0.2) is 54.6 Å². The normalized spacial score (nSPS) is 11.0. The van der Waals surface area contributed by atoms with Crippen LogP contribution in [0, 0.1) is 12.7 Å². The van der Waals surface area contributed by atoms with Gasteiger partial charge in [-0.15, -0.1) is 0 Å². The van der Waals surface area contributed by atoms with E-state index in [2.05, 4.69) is 15.4 Å². The van der Waals surface area contributed by atoms with Crippen molar-refractivity contribution in [1.82, 2.24) is 14.6 Å². The second-order valence-electron chi connectivity index (χ2n) is 6.17. The number of fused-ring (bicyclic) bond motifs is 1. The van der Waals surface area contributed by atoms with E-state index in [-0.39, 0.29) is 11.5 Å². The molecule has 0 bridgehead atoms. The number of rotatable bonds is 3. The van der Waals surface area contributed by atoms with E-state index in [0.29, 0.717) is 27.1 Å². The standard InChI is InChI=1S/C20H13Cl2FN4O/c1-11-8-17(12-2-5-14(23)6-3-12)24-19-10-18(26-27(11)19)20(28)25-16-7-4-13(21)9-15(16)22/h2-10H,1H3,(H,25,28). The van der Waals surface area contributed by atoms with Crippen LogP contribution < -0.4 is 5.32 Å². The molecule has 0 atom stereocenters. The largest absolute Gasteiger partial charge is 0.319 e. The third kappa shape index (κ3) is 3.56. The van der Waals surface area contributed by atoms with Gasteiger partial charge in [-0.1, -0.05) is 23.2 Å². The van der Waals surface area contributed by atoms with Crippen LogP contribution >= 0.6 is 23.2 Å². The summed E-state index contributed by atoms with van der Waals surface area (Å²) in [6, 6.07) is 14.3. The van der Waals surface area contributed by atoms with Gasteiger partial charge in [0.25, 0.3) is 5.91 Å². The highest BCUT2D eigenvalue weighted by atomic mass is 35.5. The molecule has 2 aromatic carbocycles. The SMILES string of the molecule is Cc1cc(-c2ccc(F)cc2)nc2cc(C(=O)Nc3ccc(Cl)cc3Cl)nn12. The van der Waals surface area contributed by atoms with Crippen LogP contribution in [0.3, 0.4) is 0 Å². The number of aromatic nitrogens is 3. The van der Waals surface area contributed by atoms with Gasteiger partial charge in [0.2, 0.25) is 0 Å². The first kappa shape index (κ1) is 18.4. The Morgan fingerprint density at radius 1 is 1.07 bits per heavy atom. The van der Waals surface area contributed by atoms with Crippen molar-refractivity contribution in [2.75, 3.05) is 5.32 Å². The van der Waals surface area contributed by atoms with Crippen molar-refractivity contribution in [1.29, 1.82) is 0 Å². The van der Waals surface area contributed by atoms with E-state index in [1.54, 1.807) is 40.9 Å². The molecule has 8 heteroatoms. The van der Waals surface area contributed by atoms with Gasteiger partial charge in [-0.05, 0) is 55.5 Å². The Balaban J connectivity index is 1.68. The quantitative estimate of drug-likeness (QED) is 0.487. The first-order valence-electron chi connectivity index (χ1n) is 8.30. The first-order chi connectivity index (χ1) is 13.4. The Bertz CT molecular complexity index is 1210. The van der Waals surface area contributed by atoms with Crippen molar-refractivity contribution in [2.24, 2.45) is 0 Å². The number of benzene rings is 2. The van der Waals surface area contributed by atoms with E-state index < -0.39 is 5.91 Å². The van der Waals surface area contributed by atoms with E-state index >= 15 is 0 Å². The Kier molecular flexibility index (Phi) is 4.75. The molecule has 0 radical (unpaired) electrons. The second-order valence-corrected chi connectivity index (χ2v) is 7.01. The van der Waals surface area contributed by atoms with Crippen LogP contribution in [-0.2, 0) is 0 Å². The zero-order chi connectivity index (χ0) is 19.8. The molecule has 0 aliphatic rings. The molecule has 1 N–H and O–H groups in total. The van der Waals surface area contributed by atoms with Gasteiger partial charge in [0.1, 0.15) is 5.82 Å². The molecule has 4 rings (SSSR count). The summed E-state index contributed by atoms with van der Waals surface area (Å²) in [5, 5.41) is 7.84. The molecular weight excluding hydrogens is 402 g/mol. The molecule has 0 saturated heterocycles. The number of anilines is 1. The number of nitrogens with one attached hydrogen (secondary N) is 1. The highest BCUT2D eigenvalue weighted by molar-refractivity contribution is 6.36. The molecule has 2 aromatic heterocycles. The summed E-state index contributed by atoms with van der Waals surface area (Å²) in [4.78, 5) is 17.1. The molecule has 0 aliphatic heterocycles. The first-order valence-corrected chi connectivity index (χ1v) is 9.06. The summed E-state index contributed by atoms with van der Waals surface area (Å²) < 4.78 is 14.7. The molecule has 0 fully saturated rings. The minimum absolute atomic E-state index is 0.192. The minimum atomic E-state index is -0.419. The Morgan fingerprint density at radius 3 is 2.54 bits per heavy atom. The van der Waals surface area contributed by atoms with Crippen molar-refractivity contribution >= 4 is 40.4 Å². The number of hydrogen-bond acceptors (Lipinski definition) is 3. The molecule has 1 amide bonds. The van der Waals surface area contributed by atoms with Crippen molar-refractivity contribution in [2.45, 2.75) is 6.92 Å². The van der Waals surface area contributed by atoms with Crippen molar-refractivity contribution in [3.8, 4) is 11.3 Å². The number of nitrogens with zero attached hydrogens (tertiary/aromatic N) is 3. The van der Waals surface area contributed by atoms with E-state index in [1.807, 2.05) is 13.0 Å². The summed E-state index contributed by atoms with van der Waals surface area (Å²) in [7, 11) is 0. The van der Waals surface area contributed by atoms with E-state index in [4.69, 9.17) is 23.2 Å². The van der Waals surface area contributed by atoms with Gasteiger partial charge in [-0.25, -0.2) is 13.9 Å². The molecule has 2 heterocycles. The maximum Gasteiger partial charge on any atom is 0.276 e. The smallest absolute Gasteiger partial charge is 0.276 e. The van der Waals surface area contributed by atoms with Gasteiger partial charge in [0.15, 0.2) is 11.3 Å². The maximum absolute atomic E-state index is 13.2. The average molecular weight is 415 g/mol. The van der Waals surface area contributed by atoms with Gasteiger partial charge in [-0.2, -0.15) is 5.10 Å². The molecule has 0 saturated carbocycles. The number of halogens is 3. The van der Waals surface area contributed by atoms with Crippen LogP contribution in [0.1, 0.15) is 16.2 Å². The maximum atomic E-state index is 13.2. The number of hydrogen-bond donors (Lipinski definition) is 1. The van der Waals surface area contributed by atoms with Gasteiger partial charge in [-0.3, -0.25) is 4.79 Å². The molecule has 4 aromatic rings. The minimum Gasteiger partial charge on any atom is -0.319 e. The molecule has 28 heavy (non-hydrogen) atoms. The Labute approximate surface area is 169 Å². The van der Waals surface area contributed by atoms with Crippen LogP contribution in [0.2, 0.25) is 10.0 Å². The lowest BCUT2D eigenvalue weighted by Gasteiger charge is -2.05. The molecule has 0 spiro atoms. The Morgan fingerprint density at radius 2 is 1.82 bits per heavy atom. The van der Waals surface area contributed by atoms with Crippen molar-refractivity contribution in [3.05, 3.63) is 81.8 Å². The van der Waals surface area contributed by atoms with Gasteiger partial charge >= 0.3 is 0 Å². The van der Waals surface area contributed by atoms with Gasteiger partial charge < -0.3 is 5.32 Å². The Hall–Kier alpha value is -2.96. The number of amides is 1. The second kappa shape index (κ2) is 7.22. The monoisotopic (exact) mass is 414 g/mol. The highest BCUT2D eigenvalue weighted by Gasteiger charge is 2.15. The number of carbonyl (C=O) groups excluding carboxylic acids is 1. The summed E-state index contributed by atoms with van der Waals surface area (Å²) in [6.07, 6.45) is 0. The highest BCUT2D eigenvalue weighted by Crippen LogP contribution is 2.26. The summed E-state index contributed by atoms with van der Waals surface area (Å²) >= 11 is 12.0. The zero-order valence-corrected chi connectivity index (χ0v) is 16.1. The lowest BCUT2D eigenvalue weighted by molar-refractivity contribution is 0.102. The zero-order valence-electron chi connectivity index (χ0n) is 14.6. The predicted octanol–water partition coefficient (Wildman–Crippen LogP) is 5.40. The molecule has 140 valence electrons. The summed E-state index contributed by atoms with van der Waals surface area (Å²) in [5.74, 6) is -0.733. The number of carbonyl (C=O) groups is 1. The fourth-order valence-electron chi connectivity index (χ4n) is 2.78. The van der Waals surface area contributed by atoms with Gasteiger partial charge in [0, 0.05) is 22.3 Å². The van der Waals surface area contributed by atoms with Crippen LogP contribution in [0.25, 0.3) is 16.9 Å². The third-order valence-corrected chi connectivity index (χ3v) is 4.71. The molecule has 5 nitrogen and oxygen atoms in total. The van der Waals surface area contributed by atoms with Crippen LogP contribution in [-0.4, -0.2) is 20.5 Å². The average Bonchev–Trinajstić information content (AvgIpc) is 3.09. The van der Waals surface area contributed by atoms with Crippen LogP contribution in [0.5, 0.6) is 0 Å². The lowest BCUT2D eigenvalue weighted by atomic mass is 10.1. The van der Waals surface area contributed by atoms with Crippen molar-refractivity contribution < 1.29 is 9.18 Å². The summed E-state index contributed by atoms with van der Waals surface area (Å²) in [5.41, 5.74) is 3.35. The molecular formula is C20H13Cl2FN4O. The topological polar surface area (TPSA) is 59.3 Å². The molecule has 0 aliphatic carbocycles. The fraction of sp³-hybridized carbons (Fsp3) is 0.0500. The van der Waals surface area contributed by atoms with E-state index in [1.165, 1.54) is 12.1 Å². The fourth-order valence-corrected chi connectivity index (χ4v) is 3.24. The van der Waals surface area contributed by atoms with Crippen LogP contribution in [0.4, 0.5) is 10.1 Å². The van der Waals surface area contributed by atoms with Crippen molar-refractivity contribution in [3.63, 3.8) is 0 Å². The van der Waals surface area contributed by atoms with Gasteiger partial charge in [0.05, 0.1) is 16.4 Å². The lowest BCUT2D eigenvalue weighted by Crippen LogP contribution is -2.13. The third-order valence-electron chi connectivity index (χ3n) is 4.16.